The zero-order chi connectivity index (χ0) is 23.2. The van der Waals surface area contributed by atoms with Crippen LogP contribution in [-0.4, -0.2) is 45.2 Å². The highest BCUT2D eigenvalue weighted by molar-refractivity contribution is 7.91. The molecule has 31 heavy (non-hydrogen) atoms. The summed E-state index contributed by atoms with van der Waals surface area (Å²) >= 11 is 0.949. The van der Waals surface area contributed by atoms with Gasteiger partial charge in [0.05, 0.1) is 35.8 Å². The number of ether oxygens (including phenoxy) is 2. The maximum Gasteiger partial charge on any atom is 0.348 e. The molecule has 0 aliphatic heterocycles. The number of esters is 2. The van der Waals surface area contributed by atoms with Crippen LogP contribution < -0.4 is 5.32 Å². The molecule has 168 valence electrons. The molecule has 1 aromatic carbocycles. The van der Waals surface area contributed by atoms with E-state index in [1.807, 2.05) is 0 Å². The molecule has 0 bridgehead atoms. The number of rotatable bonds is 9. The van der Waals surface area contributed by atoms with E-state index < -0.39 is 27.7 Å². The molecule has 0 atom stereocenters. The molecule has 1 aromatic heterocycles. The minimum atomic E-state index is -3.32. The Hall–Kier alpha value is -2.72. The topological polar surface area (TPSA) is 116 Å². The van der Waals surface area contributed by atoms with Crippen LogP contribution in [0.5, 0.6) is 0 Å². The van der Waals surface area contributed by atoms with Gasteiger partial charge in [0, 0.05) is 0 Å². The van der Waals surface area contributed by atoms with Crippen LogP contribution in [0.3, 0.4) is 0 Å². The summed E-state index contributed by atoms with van der Waals surface area (Å²) in [6.45, 7) is 6.81. The summed E-state index contributed by atoms with van der Waals surface area (Å²) < 4.78 is 33.9. The molecular weight excluding hydrogens is 442 g/mol. The van der Waals surface area contributed by atoms with Crippen molar-refractivity contribution in [1.29, 1.82) is 0 Å². The molecule has 0 fully saturated rings. The second-order valence-electron chi connectivity index (χ2n) is 6.47. The lowest BCUT2D eigenvalue weighted by Gasteiger charge is -2.08. The van der Waals surface area contributed by atoms with Crippen molar-refractivity contribution in [3.63, 3.8) is 0 Å². The van der Waals surface area contributed by atoms with Crippen molar-refractivity contribution in [3.05, 3.63) is 45.8 Å². The Labute approximate surface area is 185 Å². The number of sulfone groups is 1. The first kappa shape index (κ1) is 24.5. The summed E-state index contributed by atoms with van der Waals surface area (Å²) in [5.74, 6) is -1.66. The predicted molar refractivity (Wildman–Crippen MR) is 117 cm³/mol. The molecule has 1 heterocycles. The fourth-order valence-corrected chi connectivity index (χ4v) is 4.77. The fraction of sp³-hybridized carbons (Fsp3) is 0.381. The Balaban J connectivity index is 2.26. The van der Waals surface area contributed by atoms with Crippen molar-refractivity contribution < 1.29 is 32.3 Å². The predicted octanol–water partition coefficient (Wildman–Crippen LogP) is 3.38. The maximum absolute atomic E-state index is 12.6. The Kier molecular flexibility index (Phi) is 8.35. The minimum absolute atomic E-state index is 0.00992. The molecule has 0 saturated carbocycles. The molecule has 2 aromatic rings. The molecule has 0 aliphatic carbocycles. The van der Waals surface area contributed by atoms with Crippen molar-refractivity contribution >= 4 is 44.0 Å². The van der Waals surface area contributed by atoms with Crippen LogP contribution in [-0.2, 0) is 30.5 Å². The number of anilines is 1. The standard InChI is InChI=1S/C21H25NO7S2/c1-5-28-20(24)17-13(4)18(21(25)29-6-2)30-19(17)22-16(23)12-14-8-10-15(11-9-14)31(26,27)7-3/h8-11H,5-7,12H2,1-4H3,(H,22,23). The van der Waals surface area contributed by atoms with E-state index in [0.717, 1.165) is 11.3 Å². The summed E-state index contributed by atoms with van der Waals surface area (Å²) in [5, 5.41) is 2.87. The molecule has 1 amide bonds. The number of benzene rings is 1. The van der Waals surface area contributed by atoms with E-state index in [0.29, 0.717) is 11.1 Å². The number of carbonyl (C=O) groups is 3. The second-order valence-corrected chi connectivity index (χ2v) is 9.77. The van der Waals surface area contributed by atoms with Crippen LogP contribution in [0.25, 0.3) is 0 Å². The third-order valence-corrected chi connectivity index (χ3v) is 7.31. The lowest BCUT2D eigenvalue weighted by Crippen LogP contribution is -2.16. The molecule has 10 heteroatoms. The fourth-order valence-electron chi connectivity index (χ4n) is 2.78. The zero-order valence-electron chi connectivity index (χ0n) is 17.8. The van der Waals surface area contributed by atoms with Crippen LogP contribution in [0.1, 0.15) is 51.9 Å². The largest absolute Gasteiger partial charge is 0.462 e. The van der Waals surface area contributed by atoms with E-state index in [-0.39, 0.29) is 45.7 Å². The van der Waals surface area contributed by atoms with Gasteiger partial charge in [-0.1, -0.05) is 19.1 Å². The molecule has 0 unspecified atom stereocenters. The van der Waals surface area contributed by atoms with Crippen molar-refractivity contribution in [2.75, 3.05) is 24.3 Å². The molecule has 0 saturated heterocycles. The smallest absolute Gasteiger partial charge is 0.348 e. The molecule has 2 rings (SSSR count). The van der Waals surface area contributed by atoms with E-state index >= 15 is 0 Å². The van der Waals surface area contributed by atoms with Crippen LogP contribution in [0, 0.1) is 6.92 Å². The van der Waals surface area contributed by atoms with Gasteiger partial charge < -0.3 is 14.8 Å². The molecule has 0 spiro atoms. The maximum atomic E-state index is 12.6. The number of carbonyl (C=O) groups excluding carboxylic acids is 3. The average Bonchev–Trinajstić information content (AvgIpc) is 3.04. The van der Waals surface area contributed by atoms with E-state index in [9.17, 15) is 22.8 Å². The normalized spacial score (nSPS) is 11.1. The van der Waals surface area contributed by atoms with Gasteiger partial charge in [0.1, 0.15) is 9.88 Å². The highest BCUT2D eigenvalue weighted by Crippen LogP contribution is 2.34. The van der Waals surface area contributed by atoms with Crippen LogP contribution in [0.15, 0.2) is 29.2 Å². The SMILES string of the molecule is CCOC(=O)c1sc(NC(=O)Cc2ccc(S(=O)(=O)CC)cc2)c(C(=O)OCC)c1C. The quantitative estimate of drug-likeness (QED) is 0.562. The number of nitrogens with one attached hydrogen (secondary N) is 1. The first-order valence-electron chi connectivity index (χ1n) is 9.73. The van der Waals surface area contributed by atoms with Crippen molar-refractivity contribution in [3.8, 4) is 0 Å². The molecule has 1 N–H and O–H groups in total. The van der Waals surface area contributed by atoms with Crippen molar-refractivity contribution in [2.24, 2.45) is 0 Å². The zero-order valence-corrected chi connectivity index (χ0v) is 19.4. The highest BCUT2D eigenvalue weighted by atomic mass is 32.2. The number of amides is 1. The average molecular weight is 468 g/mol. The molecule has 0 aliphatic rings. The van der Waals surface area contributed by atoms with Gasteiger partial charge in [-0.2, -0.15) is 0 Å². The number of hydrogen-bond donors (Lipinski definition) is 1. The Bertz CT molecular complexity index is 1070. The van der Waals surface area contributed by atoms with Crippen molar-refractivity contribution in [1.82, 2.24) is 0 Å². The van der Waals surface area contributed by atoms with Crippen LogP contribution in [0.2, 0.25) is 0 Å². The third-order valence-electron chi connectivity index (χ3n) is 4.37. The van der Waals surface area contributed by atoms with Crippen molar-refractivity contribution in [2.45, 2.75) is 39.0 Å². The lowest BCUT2D eigenvalue weighted by atomic mass is 10.1. The van der Waals surface area contributed by atoms with Gasteiger partial charge in [0.25, 0.3) is 0 Å². The molecular formula is C21H25NO7S2. The number of hydrogen-bond acceptors (Lipinski definition) is 8. The Morgan fingerprint density at radius 2 is 1.55 bits per heavy atom. The van der Waals surface area contributed by atoms with Gasteiger partial charge in [-0.05, 0) is 44.0 Å². The van der Waals surface area contributed by atoms with Gasteiger partial charge in [-0.15, -0.1) is 11.3 Å². The van der Waals surface area contributed by atoms with Gasteiger partial charge in [0.15, 0.2) is 9.84 Å². The number of thiophene rings is 1. The Morgan fingerprint density at radius 3 is 2.10 bits per heavy atom. The molecule has 0 radical (unpaired) electrons. The summed E-state index contributed by atoms with van der Waals surface area (Å²) in [4.78, 5) is 37.6. The van der Waals surface area contributed by atoms with E-state index in [1.54, 1.807) is 39.8 Å². The van der Waals surface area contributed by atoms with Gasteiger partial charge >= 0.3 is 11.9 Å². The summed E-state index contributed by atoms with van der Waals surface area (Å²) in [6.07, 6.45) is -0.0413. The van der Waals surface area contributed by atoms with E-state index in [2.05, 4.69) is 5.32 Å². The van der Waals surface area contributed by atoms with Crippen LogP contribution >= 0.6 is 11.3 Å². The first-order valence-corrected chi connectivity index (χ1v) is 12.2. The van der Waals surface area contributed by atoms with Gasteiger partial charge in [0.2, 0.25) is 5.91 Å². The monoisotopic (exact) mass is 467 g/mol. The van der Waals surface area contributed by atoms with E-state index in [4.69, 9.17) is 9.47 Å². The lowest BCUT2D eigenvalue weighted by molar-refractivity contribution is -0.115. The van der Waals surface area contributed by atoms with Crippen LogP contribution in [0.4, 0.5) is 5.00 Å². The minimum Gasteiger partial charge on any atom is -0.462 e. The van der Waals surface area contributed by atoms with E-state index in [1.165, 1.54) is 12.1 Å². The Morgan fingerprint density at radius 1 is 0.968 bits per heavy atom. The first-order chi connectivity index (χ1) is 14.6. The summed E-state index contributed by atoms with van der Waals surface area (Å²) in [5.41, 5.74) is 1.10. The second kappa shape index (κ2) is 10.5. The van der Waals surface area contributed by atoms with Gasteiger partial charge in [-0.3, -0.25) is 4.79 Å². The summed E-state index contributed by atoms with van der Waals surface area (Å²) in [6, 6.07) is 6.05. The van der Waals surface area contributed by atoms with Gasteiger partial charge in [-0.25, -0.2) is 18.0 Å². The third kappa shape index (κ3) is 5.92. The highest BCUT2D eigenvalue weighted by Gasteiger charge is 2.27. The molecule has 8 nitrogen and oxygen atoms in total. The summed E-state index contributed by atoms with van der Waals surface area (Å²) in [7, 11) is -3.32.